The number of carboxylic acid groups (broad SMARTS) is 1. The fourth-order valence-electron chi connectivity index (χ4n) is 2.02. The van der Waals surface area contributed by atoms with E-state index >= 15 is 0 Å². The molecule has 1 amide bonds. The number of nitro groups is 1. The van der Waals surface area contributed by atoms with Gasteiger partial charge in [-0.2, -0.15) is 0 Å². The normalized spacial score (nSPS) is 15.7. The molecule has 1 aromatic rings. The first-order valence-corrected chi connectivity index (χ1v) is 6.95. The fourth-order valence-corrected chi connectivity index (χ4v) is 2.95. The molecule has 1 N–H and O–H groups in total. The van der Waals surface area contributed by atoms with E-state index in [-0.39, 0.29) is 16.6 Å². The molecule has 1 fully saturated rings. The van der Waals surface area contributed by atoms with Gasteiger partial charge in [-0.05, 0) is 26.7 Å². The largest absolute Gasteiger partial charge is 0.480 e. The number of nitrogens with zero attached hydrogens (tertiary/aromatic N) is 2. The number of hydrogen-bond donors (Lipinski definition) is 1. The number of amides is 1. The van der Waals surface area contributed by atoms with Crippen LogP contribution < -0.4 is 0 Å². The van der Waals surface area contributed by atoms with Crippen molar-refractivity contribution >= 4 is 28.9 Å². The lowest BCUT2D eigenvalue weighted by atomic mass is 10.2. The maximum absolute atomic E-state index is 12.4. The zero-order valence-corrected chi connectivity index (χ0v) is 11.8. The summed E-state index contributed by atoms with van der Waals surface area (Å²) in [7, 11) is 0. The van der Waals surface area contributed by atoms with Gasteiger partial charge in [0.1, 0.15) is 6.04 Å². The molecule has 1 unspecified atom stereocenters. The first-order valence-electron chi connectivity index (χ1n) is 6.13. The molecule has 0 aliphatic heterocycles. The van der Waals surface area contributed by atoms with Crippen LogP contribution in [0.2, 0.25) is 0 Å². The average molecular weight is 298 g/mol. The third-order valence-electron chi connectivity index (χ3n) is 3.25. The smallest absolute Gasteiger partial charge is 0.326 e. The molecule has 20 heavy (non-hydrogen) atoms. The molecule has 1 aliphatic carbocycles. The minimum atomic E-state index is -1.08. The standard InChI is InChI=1S/C12H14N2O5S/c1-6(12(16)17)13(8-3-4-8)11(15)10-5-9(14(18)19)7(2)20-10/h5-6,8H,3-4H2,1-2H3,(H,16,17). The summed E-state index contributed by atoms with van der Waals surface area (Å²) in [5.41, 5.74) is -0.0999. The van der Waals surface area contributed by atoms with E-state index in [2.05, 4.69) is 0 Å². The fraction of sp³-hybridized carbons (Fsp3) is 0.500. The summed E-state index contributed by atoms with van der Waals surface area (Å²) in [6.45, 7) is 3.02. The zero-order chi connectivity index (χ0) is 15.0. The summed E-state index contributed by atoms with van der Waals surface area (Å²) >= 11 is 1.03. The number of rotatable bonds is 5. The van der Waals surface area contributed by atoms with Crippen LogP contribution in [-0.2, 0) is 4.79 Å². The van der Waals surface area contributed by atoms with Gasteiger partial charge >= 0.3 is 5.97 Å². The van der Waals surface area contributed by atoms with Crippen molar-refractivity contribution in [2.45, 2.75) is 38.8 Å². The Kier molecular flexibility index (Phi) is 3.76. The van der Waals surface area contributed by atoms with Crippen molar-refractivity contribution < 1.29 is 19.6 Å². The number of hydrogen-bond acceptors (Lipinski definition) is 5. The highest BCUT2D eigenvalue weighted by atomic mass is 32.1. The van der Waals surface area contributed by atoms with Crippen molar-refractivity contribution in [3.05, 3.63) is 25.9 Å². The Hall–Kier alpha value is -1.96. The topological polar surface area (TPSA) is 101 Å². The molecule has 1 aromatic heterocycles. The van der Waals surface area contributed by atoms with Crippen molar-refractivity contribution in [3.8, 4) is 0 Å². The number of carbonyl (C=O) groups excluding carboxylic acids is 1. The van der Waals surface area contributed by atoms with Gasteiger partial charge in [-0.15, -0.1) is 11.3 Å². The first kappa shape index (κ1) is 14.4. The second-order valence-electron chi connectivity index (χ2n) is 4.77. The number of aliphatic carboxylic acids is 1. The quantitative estimate of drug-likeness (QED) is 0.662. The molecule has 8 heteroatoms. The van der Waals surface area contributed by atoms with Crippen LogP contribution in [0.15, 0.2) is 6.07 Å². The Bertz CT molecular complexity index is 578. The molecule has 1 saturated carbocycles. The minimum Gasteiger partial charge on any atom is -0.480 e. The second kappa shape index (κ2) is 5.20. The van der Waals surface area contributed by atoms with Crippen molar-refractivity contribution in [1.82, 2.24) is 4.90 Å². The third-order valence-corrected chi connectivity index (χ3v) is 4.28. The second-order valence-corrected chi connectivity index (χ2v) is 6.02. The van der Waals surface area contributed by atoms with Crippen LogP contribution in [0.1, 0.15) is 34.3 Å². The Morgan fingerprint density at radius 3 is 2.55 bits per heavy atom. The molecule has 7 nitrogen and oxygen atoms in total. The van der Waals surface area contributed by atoms with E-state index in [9.17, 15) is 19.7 Å². The Labute approximate surface area is 119 Å². The summed E-state index contributed by atoms with van der Waals surface area (Å²) in [5, 5.41) is 19.9. The van der Waals surface area contributed by atoms with E-state index in [0.29, 0.717) is 4.88 Å². The third kappa shape index (κ3) is 2.64. The predicted molar refractivity (Wildman–Crippen MR) is 72.0 cm³/mol. The van der Waals surface area contributed by atoms with Crippen LogP contribution in [0.4, 0.5) is 5.69 Å². The predicted octanol–water partition coefficient (Wildman–Crippen LogP) is 2.04. The molecule has 0 bridgehead atoms. The number of aryl methyl sites for hydroxylation is 1. The van der Waals surface area contributed by atoms with E-state index in [1.54, 1.807) is 6.92 Å². The summed E-state index contributed by atoms with van der Waals surface area (Å²) in [4.78, 5) is 35.7. The van der Waals surface area contributed by atoms with Gasteiger partial charge in [0.15, 0.2) is 0 Å². The van der Waals surface area contributed by atoms with Gasteiger partial charge < -0.3 is 10.0 Å². The van der Waals surface area contributed by atoms with Gasteiger partial charge in [0.05, 0.1) is 14.7 Å². The molecule has 2 rings (SSSR count). The molecule has 1 heterocycles. The van der Waals surface area contributed by atoms with Crippen molar-refractivity contribution in [1.29, 1.82) is 0 Å². The lowest BCUT2D eigenvalue weighted by Gasteiger charge is -2.25. The molecule has 108 valence electrons. The molecule has 0 aromatic carbocycles. The van der Waals surface area contributed by atoms with Crippen LogP contribution >= 0.6 is 11.3 Å². The monoisotopic (exact) mass is 298 g/mol. The summed E-state index contributed by atoms with van der Waals surface area (Å²) in [6.07, 6.45) is 1.55. The molecular weight excluding hydrogens is 284 g/mol. The zero-order valence-electron chi connectivity index (χ0n) is 11.0. The van der Waals surface area contributed by atoms with Gasteiger partial charge in [0.25, 0.3) is 11.6 Å². The molecule has 1 atom stereocenters. The maximum atomic E-state index is 12.4. The summed E-state index contributed by atoms with van der Waals surface area (Å²) < 4.78 is 0. The molecule has 1 aliphatic rings. The highest BCUT2D eigenvalue weighted by Gasteiger charge is 2.39. The number of carbonyl (C=O) groups is 2. The Balaban J connectivity index is 2.30. The van der Waals surface area contributed by atoms with E-state index in [4.69, 9.17) is 5.11 Å². The summed E-state index contributed by atoms with van der Waals surface area (Å²) in [5.74, 6) is -1.52. The maximum Gasteiger partial charge on any atom is 0.326 e. The Morgan fingerprint density at radius 1 is 1.55 bits per heavy atom. The van der Waals surface area contributed by atoms with Crippen LogP contribution in [0.5, 0.6) is 0 Å². The highest BCUT2D eigenvalue weighted by molar-refractivity contribution is 7.14. The molecule has 0 radical (unpaired) electrons. The van der Waals surface area contributed by atoms with Gasteiger partial charge in [-0.25, -0.2) is 4.79 Å². The van der Waals surface area contributed by atoms with Gasteiger partial charge in [-0.1, -0.05) is 0 Å². The first-order chi connectivity index (χ1) is 9.32. The van der Waals surface area contributed by atoms with Crippen molar-refractivity contribution in [2.75, 3.05) is 0 Å². The Morgan fingerprint density at radius 2 is 2.15 bits per heavy atom. The van der Waals surface area contributed by atoms with Gasteiger partial charge in [0, 0.05) is 12.1 Å². The lowest BCUT2D eigenvalue weighted by Crippen LogP contribution is -2.44. The number of carboxylic acids is 1. The molecular formula is C12H14N2O5S. The van der Waals surface area contributed by atoms with Crippen LogP contribution in [0.25, 0.3) is 0 Å². The summed E-state index contributed by atoms with van der Waals surface area (Å²) in [6, 6.07) is 0.221. The van der Waals surface area contributed by atoms with Crippen molar-refractivity contribution in [2.24, 2.45) is 0 Å². The van der Waals surface area contributed by atoms with E-state index in [1.165, 1.54) is 17.9 Å². The van der Waals surface area contributed by atoms with Gasteiger partial charge in [-0.3, -0.25) is 14.9 Å². The highest BCUT2D eigenvalue weighted by Crippen LogP contribution is 2.34. The SMILES string of the molecule is Cc1sc(C(=O)N(C2CC2)C(C)C(=O)O)cc1[N+](=O)[O-]. The molecule has 0 saturated heterocycles. The van der Waals surface area contributed by atoms with E-state index < -0.39 is 22.8 Å². The van der Waals surface area contributed by atoms with Crippen LogP contribution in [0, 0.1) is 17.0 Å². The number of thiophene rings is 1. The lowest BCUT2D eigenvalue weighted by molar-refractivity contribution is -0.385. The average Bonchev–Trinajstić information content (AvgIpc) is 3.10. The van der Waals surface area contributed by atoms with E-state index in [1.807, 2.05) is 0 Å². The van der Waals surface area contributed by atoms with Crippen LogP contribution in [0.3, 0.4) is 0 Å². The van der Waals surface area contributed by atoms with E-state index in [0.717, 1.165) is 24.2 Å². The van der Waals surface area contributed by atoms with Gasteiger partial charge in [0.2, 0.25) is 0 Å². The van der Waals surface area contributed by atoms with Crippen LogP contribution in [-0.4, -0.2) is 38.9 Å². The minimum absolute atomic E-state index is 0.0740. The molecule has 0 spiro atoms. The van der Waals surface area contributed by atoms with Crippen molar-refractivity contribution in [3.63, 3.8) is 0 Å².